The summed E-state index contributed by atoms with van der Waals surface area (Å²) < 4.78 is 29.0. The zero-order chi connectivity index (χ0) is 18.8. The van der Waals surface area contributed by atoms with Gasteiger partial charge in [0.05, 0.1) is 12.1 Å². The predicted octanol–water partition coefficient (Wildman–Crippen LogP) is 4.44. The Hall–Kier alpha value is -1.60. The maximum atomic E-state index is 13.9. The smallest absolute Gasteiger partial charge is 0.216 e. The van der Waals surface area contributed by atoms with Crippen molar-refractivity contribution < 1.29 is 13.9 Å². The molecule has 4 nitrogen and oxygen atoms in total. The first kappa shape index (κ1) is 19.7. The minimum absolute atomic E-state index is 0.0483. The molecule has 1 aromatic heterocycles. The summed E-state index contributed by atoms with van der Waals surface area (Å²) in [6.07, 6.45) is 1.85. The molecule has 0 unspecified atom stereocenters. The molecule has 3 atom stereocenters. The van der Waals surface area contributed by atoms with E-state index >= 15 is 0 Å². The van der Waals surface area contributed by atoms with Gasteiger partial charge < -0.3 is 5.11 Å². The first-order valence-electron chi connectivity index (χ1n) is 8.33. The van der Waals surface area contributed by atoms with Gasteiger partial charge >= 0.3 is 0 Å². The molecule has 0 bridgehead atoms. The molecule has 0 radical (unpaired) electrons. The highest BCUT2D eigenvalue weighted by Crippen LogP contribution is 2.33. The van der Waals surface area contributed by atoms with E-state index in [-0.39, 0.29) is 17.4 Å². The van der Waals surface area contributed by atoms with Gasteiger partial charge in [0.25, 0.3) is 0 Å². The molecule has 25 heavy (non-hydrogen) atoms. The summed E-state index contributed by atoms with van der Waals surface area (Å²) >= 11 is 5.23. The highest BCUT2D eigenvalue weighted by Gasteiger charge is 2.33. The average Bonchev–Trinajstić information content (AvgIpc) is 2.92. The fourth-order valence-electron chi connectivity index (χ4n) is 3.01. The van der Waals surface area contributed by atoms with Crippen LogP contribution in [0.3, 0.4) is 0 Å². The van der Waals surface area contributed by atoms with Crippen molar-refractivity contribution >= 4 is 12.2 Å². The van der Waals surface area contributed by atoms with Crippen molar-refractivity contribution in [1.29, 1.82) is 0 Å². The minimum Gasteiger partial charge on any atom is -0.390 e. The second-order valence-corrected chi connectivity index (χ2v) is 8.06. The number of rotatable bonds is 6. The molecule has 0 aliphatic rings. The number of nitrogens with zero attached hydrogens (tertiary/aromatic N) is 2. The van der Waals surface area contributed by atoms with E-state index in [2.05, 4.69) is 10.1 Å². The summed E-state index contributed by atoms with van der Waals surface area (Å²) in [5, 5.41) is 13.8. The molecule has 0 aliphatic carbocycles. The van der Waals surface area contributed by atoms with Crippen molar-refractivity contribution in [2.24, 2.45) is 11.3 Å². The summed E-state index contributed by atoms with van der Waals surface area (Å²) in [5.74, 6) is -1.08. The number of nitrogens with one attached hydrogen (secondary N) is 1. The number of H-pyrrole nitrogens is 1. The van der Waals surface area contributed by atoms with Crippen molar-refractivity contribution in [1.82, 2.24) is 14.8 Å². The van der Waals surface area contributed by atoms with E-state index in [9.17, 15) is 13.9 Å². The third kappa shape index (κ3) is 4.95. The van der Waals surface area contributed by atoms with Crippen molar-refractivity contribution in [3.8, 4) is 0 Å². The molecule has 0 aliphatic heterocycles. The van der Waals surface area contributed by atoms with Crippen LogP contribution in [0.2, 0.25) is 0 Å². The Morgan fingerprint density at radius 3 is 2.52 bits per heavy atom. The molecule has 1 heterocycles. The quantitative estimate of drug-likeness (QED) is 0.741. The zero-order valence-electron chi connectivity index (χ0n) is 15.0. The van der Waals surface area contributed by atoms with Crippen molar-refractivity contribution in [3.05, 3.63) is 46.5 Å². The van der Waals surface area contributed by atoms with Crippen LogP contribution in [0, 0.1) is 27.7 Å². The maximum absolute atomic E-state index is 13.9. The van der Waals surface area contributed by atoms with E-state index in [0.29, 0.717) is 23.2 Å². The molecule has 0 fully saturated rings. The lowest BCUT2D eigenvalue weighted by molar-refractivity contribution is 0.00386. The molecule has 1 aromatic carbocycles. The average molecular weight is 369 g/mol. The first-order chi connectivity index (χ1) is 11.6. The Balaban J connectivity index is 2.21. The van der Waals surface area contributed by atoms with E-state index in [1.807, 2.05) is 27.7 Å². The molecule has 2 rings (SSSR count). The van der Waals surface area contributed by atoms with Gasteiger partial charge in [-0.05, 0) is 48.0 Å². The van der Waals surface area contributed by atoms with Gasteiger partial charge in [0.2, 0.25) is 4.77 Å². The molecule has 0 saturated heterocycles. The number of hydrogen-bond acceptors (Lipinski definition) is 3. The van der Waals surface area contributed by atoms with Crippen LogP contribution in [-0.4, -0.2) is 26.0 Å². The van der Waals surface area contributed by atoms with Crippen LogP contribution in [-0.2, 0) is 6.42 Å². The molecule has 138 valence electrons. The van der Waals surface area contributed by atoms with Crippen LogP contribution >= 0.6 is 12.2 Å². The topological polar surface area (TPSA) is 53.8 Å². The Kier molecular flexibility index (Phi) is 6.11. The highest BCUT2D eigenvalue weighted by atomic mass is 32.1. The molecule has 0 saturated carbocycles. The normalized spacial score (nSPS) is 15.8. The fourth-order valence-corrected chi connectivity index (χ4v) is 3.25. The van der Waals surface area contributed by atoms with Crippen molar-refractivity contribution in [3.63, 3.8) is 0 Å². The van der Waals surface area contributed by atoms with Gasteiger partial charge in [0, 0.05) is 6.07 Å². The Morgan fingerprint density at radius 2 is 2.00 bits per heavy atom. The van der Waals surface area contributed by atoms with E-state index in [1.54, 1.807) is 4.68 Å². The Bertz CT molecular complexity index is 766. The van der Waals surface area contributed by atoms with Crippen LogP contribution in [0.15, 0.2) is 24.5 Å². The standard InChI is InChI=1S/C18H25F2N3OS/c1-11(7-12-5-6-13(19)9-14(12)20)8-15(16(24)18(2,3)4)23-17(25)21-10-22-23/h5-6,9-11,15-16,24H,7-8H2,1-4H3,(H,21,22,25)/t11-,15+,16+/m0/s1. The summed E-state index contributed by atoms with van der Waals surface area (Å²) in [4.78, 5) is 4.03. The highest BCUT2D eigenvalue weighted by molar-refractivity contribution is 7.71. The number of aromatic amines is 1. The number of aromatic nitrogens is 3. The molecule has 2 aromatic rings. The number of aliphatic hydroxyl groups excluding tert-OH is 1. The van der Waals surface area contributed by atoms with E-state index in [4.69, 9.17) is 12.2 Å². The third-order valence-corrected chi connectivity index (χ3v) is 4.69. The lowest BCUT2D eigenvalue weighted by atomic mass is 9.81. The van der Waals surface area contributed by atoms with Gasteiger partial charge in [-0.2, -0.15) is 0 Å². The fraction of sp³-hybridized carbons (Fsp3) is 0.556. The molecular formula is C18H25F2N3OS. The SMILES string of the molecule is C[C@@H](Cc1ccc(F)cc1F)C[C@H]([C@@H](O)C(C)(C)C)n1[nH]cnc1=S. The van der Waals surface area contributed by atoms with Crippen LogP contribution < -0.4 is 0 Å². The second-order valence-electron chi connectivity index (χ2n) is 7.70. The predicted molar refractivity (Wildman–Crippen MR) is 95.8 cm³/mol. The summed E-state index contributed by atoms with van der Waals surface area (Å²) in [6.45, 7) is 7.84. The maximum Gasteiger partial charge on any atom is 0.216 e. The van der Waals surface area contributed by atoms with Crippen LogP contribution in [0.4, 0.5) is 8.78 Å². The van der Waals surface area contributed by atoms with Gasteiger partial charge in [0.15, 0.2) is 0 Å². The van der Waals surface area contributed by atoms with Crippen LogP contribution in [0.1, 0.15) is 45.7 Å². The minimum atomic E-state index is -0.667. The number of benzene rings is 1. The second kappa shape index (κ2) is 7.74. The number of halogens is 2. The van der Waals surface area contributed by atoms with Crippen LogP contribution in [0.25, 0.3) is 0 Å². The molecule has 0 amide bonds. The van der Waals surface area contributed by atoms with Crippen molar-refractivity contribution in [2.45, 2.75) is 52.7 Å². The summed E-state index contributed by atoms with van der Waals surface area (Å²) in [5.41, 5.74) is 0.108. The van der Waals surface area contributed by atoms with Gasteiger partial charge in [-0.15, -0.1) is 0 Å². The molecule has 2 N–H and O–H groups in total. The Morgan fingerprint density at radius 1 is 1.32 bits per heavy atom. The lowest BCUT2D eigenvalue weighted by Crippen LogP contribution is -2.37. The monoisotopic (exact) mass is 369 g/mol. The Labute approximate surface area is 151 Å². The van der Waals surface area contributed by atoms with E-state index < -0.39 is 17.7 Å². The summed E-state index contributed by atoms with van der Waals surface area (Å²) in [7, 11) is 0. The first-order valence-corrected chi connectivity index (χ1v) is 8.74. The van der Waals surface area contributed by atoms with Crippen LogP contribution in [0.5, 0.6) is 0 Å². The van der Waals surface area contributed by atoms with Gasteiger partial charge in [-0.1, -0.05) is 33.8 Å². The third-order valence-electron chi connectivity index (χ3n) is 4.39. The number of hydrogen-bond donors (Lipinski definition) is 2. The number of aliphatic hydroxyl groups is 1. The summed E-state index contributed by atoms with van der Waals surface area (Å²) in [6, 6.07) is 3.32. The van der Waals surface area contributed by atoms with Gasteiger partial charge in [0.1, 0.15) is 18.0 Å². The zero-order valence-corrected chi connectivity index (χ0v) is 15.8. The van der Waals surface area contributed by atoms with Crippen molar-refractivity contribution in [2.75, 3.05) is 0 Å². The van der Waals surface area contributed by atoms with E-state index in [0.717, 1.165) is 6.07 Å². The lowest BCUT2D eigenvalue weighted by Gasteiger charge is -2.34. The van der Waals surface area contributed by atoms with Gasteiger partial charge in [-0.25, -0.2) is 13.8 Å². The van der Waals surface area contributed by atoms with Gasteiger partial charge in [-0.3, -0.25) is 9.78 Å². The largest absolute Gasteiger partial charge is 0.390 e. The molecular weight excluding hydrogens is 344 g/mol. The molecule has 0 spiro atoms. The molecule has 7 heteroatoms. The van der Waals surface area contributed by atoms with E-state index in [1.165, 1.54) is 18.5 Å².